The average molecular weight is 372 g/mol. The molecule has 0 aliphatic rings. The Morgan fingerprint density at radius 3 is 2.29 bits per heavy atom. The lowest BCUT2D eigenvalue weighted by molar-refractivity contribution is 0.629. The number of nitrogen functional groups attached to an aromatic ring is 1. The van der Waals surface area contributed by atoms with Gasteiger partial charge in [-0.25, -0.2) is 9.37 Å². The topological polar surface area (TPSA) is 74.6 Å². The molecule has 2 N–H and O–H groups in total. The smallest absolute Gasteiger partial charge is 0.240 e. The molecule has 0 spiro atoms. The Labute approximate surface area is 160 Å². The number of halogens is 1. The van der Waals surface area contributed by atoms with Crippen molar-refractivity contribution in [1.29, 1.82) is 0 Å². The minimum atomic E-state index is -0.303. The Bertz CT molecular complexity index is 1360. The Morgan fingerprint density at radius 1 is 0.821 bits per heavy atom. The zero-order valence-corrected chi connectivity index (χ0v) is 15.4. The molecule has 2 aromatic carbocycles. The van der Waals surface area contributed by atoms with E-state index in [2.05, 4.69) is 15.2 Å². The van der Waals surface area contributed by atoms with Crippen LogP contribution >= 0.6 is 0 Å². The summed E-state index contributed by atoms with van der Waals surface area (Å²) in [6, 6.07) is 12.8. The number of anilines is 1. The van der Waals surface area contributed by atoms with Crippen LogP contribution in [0.1, 0.15) is 0 Å². The van der Waals surface area contributed by atoms with Crippen molar-refractivity contribution in [3.05, 3.63) is 60.7 Å². The molecule has 5 rings (SSSR count). The van der Waals surface area contributed by atoms with Crippen molar-refractivity contribution >= 4 is 27.8 Å². The number of nitrogens with zero attached hydrogens (tertiary/aromatic N) is 5. The van der Waals surface area contributed by atoms with Crippen LogP contribution in [0.4, 0.5) is 10.3 Å². The van der Waals surface area contributed by atoms with E-state index in [0.717, 1.165) is 32.9 Å². The SMILES string of the molecule is Cn1cc(-c2nnc(N)nc2-c2cn(C)c3ccccc23)c2cc(F)ccc21. The first-order valence-corrected chi connectivity index (χ1v) is 8.82. The summed E-state index contributed by atoms with van der Waals surface area (Å²) in [6.45, 7) is 0. The van der Waals surface area contributed by atoms with Gasteiger partial charge in [-0.15, -0.1) is 10.2 Å². The van der Waals surface area contributed by atoms with Crippen LogP contribution in [0, 0.1) is 5.82 Å². The summed E-state index contributed by atoms with van der Waals surface area (Å²) in [5.41, 5.74) is 10.7. The van der Waals surface area contributed by atoms with Crippen LogP contribution in [0.2, 0.25) is 0 Å². The molecular weight excluding hydrogens is 355 g/mol. The highest BCUT2D eigenvalue weighted by molar-refractivity contribution is 6.02. The second kappa shape index (κ2) is 5.88. The summed E-state index contributed by atoms with van der Waals surface area (Å²) < 4.78 is 17.9. The Morgan fingerprint density at radius 2 is 1.50 bits per heavy atom. The van der Waals surface area contributed by atoms with Crippen molar-refractivity contribution in [2.75, 3.05) is 5.73 Å². The van der Waals surface area contributed by atoms with E-state index >= 15 is 0 Å². The fourth-order valence-electron chi connectivity index (χ4n) is 3.79. The number of nitrogens with two attached hydrogens (primary N) is 1. The van der Waals surface area contributed by atoms with Crippen LogP contribution < -0.4 is 5.73 Å². The Hall–Kier alpha value is -3.74. The summed E-state index contributed by atoms with van der Waals surface area (Å²) in [6.07, 6.45) is 3.92. The van der Waals surface area contributed by atoms with Gasteiger partial charge in [0.15, 0.2) is 0 Å². The van der Waals surface area contributed by atoms with Crippen LogP contribution in [0.25, 0.3) is 44.3 Å². The molecule has 0 unspecified atom stereocenters. The van der Waals surface area contributed by atoms with Gasteiger partial charge in [-0.1, -0.05) is 18.2 Å². The maximum Gasteiger partial charge on any atom is 0.240 e. The third-order valence-electron chi connectivity index (χ3n) is 5.06. The molecule has 3 heterocycles. The van der Waals surface area contributed by atoms with Crippen molar-refractivity contribution in [3.8, 4) is 22.5 Å². The first-order chi connectivity index (χ1) is 13.5. The van der Waals surface area contributed by atoms with Crippen LogP contribution in [-0.4, -0.2) is 24.3 Å². The van der Waals surface area contributed by atoms with Gasteiger partial charge < -0.3 is 14.9 Å². The Kier molecular flexibility index (Phi) is 3.45. The molecule has 0 radical (unpaired) electrons. The molecule has 28 heavy (non-hydrogen) atoms. The quantitative estimate of drug-likeness (QED) is 0.510. The molecule has 6 nitrogen and oxygen atoms in total. The zero-order chi connectivity index (χ0) is 19.4. The molecule has 5 aromatic rings. The van der Waals surface area contributed by atoms with E-state index in [9.17, 15) is 4.39 Å². The number of rotatable bonds is 2. The van der Waals surface area contributed by atoms with Crippen LogP contribution in [0.15, 0.2) is 54.9 Å². The highest BCUT2D eigenvalue weighted by Gasteiger charge is 2.20. The van der Waals surface area contributed by atoms with Crippen LogP contribution in [0.5, 0.6) is 0 Å². The molecule has 0 saturated carbocycles. The summed E-state index contributed by atoms with van der Waals surface area (Å²) in [5.74, 6) is -0.207. The predicted octanol–water partition coefficient (Wildman–Crippen LogP) is 3.91. The molecule has 7 heteroatoms. The summed E-state index contributed by atoms with van der Waals surface area (Å²) in [7, 11) is 3.90. The van der Waals surface area contributed by atoms with E-state index in [4.69, 9.17) is 5.73 Å². The fourth-order valence-corrected chi connectivity index (χ4v) is 3.79. The second-order valence-electron chi connectivity index (χ2n) is 6.85. The van der Waals surface area contributed by atoms with E-state index in [1.807, 2.05) is 59.9 Å². The van der Waals surface area contributed by atoms with Gasteiger partial charge in [0.1, 0.15) is 17.2 Å². The van der Waals surface area contributed by atoms with E-state index in [-0.39, 0.29) is 11.8 Å². The standard InChI is InChI=1S/C21H17FN6/c1-27-10-15(13-5-3-4-6-17(13)27)19-20(25-26-21(23)24-19)16-11-28(2)18-8-7-12(22)9-14(16)18/h3-11H,1-2H3,(H2,23,24,26). The third kappa shape index (κ3) is 2.36. The van der Waals surface area contributed by atoms with Crippen LogP contribution in [-0.2, 0) is 14.1 Å². The molecule has 0 atom stereocenters. The minimum Gasteiger partial charge on any atom is -0.366 e. The second-order valence-corrected chi connectivity index (χ2v) is 6.85. The van der Waals surface area contributed by atoms with Crippen LogP contribution in [0.3, 0.4) is 0 Å². The third-order valence-corrected chi connectivity index (χ3v) is 5.06. The van der Waals surface area contributed by atoms with Gasteiger partial charge in [0, 0.05) is 59.4 Å². The lowest BCUT2D eigenvalue weighted by Gasteiger charge is -2.06. The van der Waals surface area contributed by atoms with Crippen molar-refractivity contribution < 1.29 is 4.39 Å². The Balaban J connectivity index is 1.85. The lowest BCUT2D eigenvalue weighted by Crippen LogP contribution is -2.02. The normalized spacial score (nSPS) is 11.5. The van der Waals surface area contributed by atoms with Crippen molar-refractivity contribution in [2.24, 2.45) is 14.1 Å². The monoisotopic (exact) mass is 372 g/mol. The lowest BCUT2D eigenvalue weighted by atomic mass is 10.0. The van der Waals surface area contributed by atoms with Gasteiger partial charge in [0.2, 0.25) is 5.95 Å². The van der Waals surface area contributed by atoms with Gasteiger partial charge in [-0.05, 0) is 24.3 Å². The minimum absolute atomic E-state index is 0.0955. The first kappa shape index (κ1) is 16.4. The van der Waals surface area contributed by atoms with Gasteiger partial charge in [0.25, 0.3) is 0 Å². The molecular formula is C21H17FN6. The number of hydrogen-bond acceptors (Lipinski definition) is 4. The summed E-state index contributed by atoms with van der Waals surface area (Å²) in [4.78, 5) is 4.51. The zero-order valence-electron chi connectivity index (χ0n) is 15.4. The van der Waals surface area contributed by atoms with E-state index < -0.39 is 0 Å². The molecule has 0 aliphatic heterocycles. The number of aryl methyl sites for hydroxylation is 2. The summed E-state index contributed by atoms with van der Waals surface area (Å²) in [5, 5.41) is 10.1. The highest BCUT2D eigenvalue weighted by atomic mass is 19.1. The first-order valence-electron chi connectivity index (χ1n) is 8.82. The average Bonchev–Trinajstić information content (AvgIpc) is 3.19. The number of para-hydroxylation sites is 1. The summed E-state index contributed by atoms with van der Waals surface area (Å²) >= 11 is 0. The molecule has 0 amide bonds. The van der Waals surface area contributed by atoms with Crippen molar-refractivity contribution in [1.82, 2.24) is 24.3 Å². The fraction of sp³-hybridized carbons (Fsp3) is 0.0952. The molecule has 3 aromatic heterocycles. The van der Waals surface area contributed by atoms with Gasteiger partial charge in [0.05, 0.1) is 0 Å². The molecule has 138 valence electrons. The van der Waals surface area contributed by atoms with Crippen molar-refractivity contribution in [3.63, 3.8) is 0 Å². The van der Waals surface area contributed by atoms with Gasteiger partial charge in [-0.2, -0.15) is 0 Å². The maximum absolute atomic E-state index is 14.0. The molecule has 0 aliphatic carbocycles. The van der Waals surface area contributed by atoms with E-state index in [1.54, 1.807) is 6.07 Å². The molecule has 0 bridgehead atoms. The van der Waals surface area contributed by atoms with Gasteiger partial charge in [-0.3, -0.25) is 0 Å². The molecule has 0 fully saturated rings. The number of aromatic nitrogens is 5. The van der Waals surface area contributed by atoms with Gasteiger partial charge >= 0.3 is 0 Å². The van der Waals surface area contributed by atoms with E-state index in [0.29, 0.717) is 11.4 Å². The van der Waals surface area contributed by atoms with Crippen molar-refractivity contribution in [2.45, 2.75) is 0 Å². The number of hydrogen-bond donors (Lipinski definition) is 1. The largest absolute Gasteiger partial charge is 0.366 e. The molecule has 0 saturated heterocycles. The number of fused-ring (bicyclic) bond motifs is 2. The maximum atomic E-state index is 14.0. The van der Waals surface area contributed by atoms with E-state index in [1.165, 1.54) is 12.1 Å². The number of benzene rings is 2. The predicted molar refractivity (Wildman–Crippen MR) is 108 cm³/mol. The highest BCUT2D eigenvalue weighted by Crippen LogP contribution is 2.38.